The lowest BCUT2D eigenvalue weighted by Crippen LogP contribution is -2.49. The van der Waals surface area contributed by atoms with Crippen molar-refractivity contribution < 1.29 is 17.9 Å². The van der Waals surface area contributed by atoms with Crippen molar-refractivity contribution >= 4 is 0 Å². The van der Waals surface area contributed by atoms with Crippen LogP contribution in [0.4, 0.5) is 13.2 Å². The van der Waals surface area contributed by atoms with Crippen molar-refractivity contribution in [1.82, 2.24) is 4.90 Å². The first-order valence-corrected chi connectivity index (χ1v) is 4.80. The van der Waals surface area contributed by atoms with Gasteiger partial charge in [0.25, 0.3) is 0 Å². The van der Waals surface area contributed by atoms with Crippen LogP contribution in [0.3, 0.4) is 0 Å². The fourth-order valence-corrected chi connectivity index (χ4v) is 1.79. The van der Waals surface area contributed by atoms with Gasteiger partial charge in [0.05, 0.1) is 0 Å². The normalized spacial score (nSPS) is 26.8. The van der Waals surface area contributed by atoms with Crippen LogP contribution in [-0.2, 0) is 4.74 Å². The topological polar surface area (TPSA) is 61.2 Å². The number of methoxy groups -OCH3 is 1. The highest BCUT2D eigenvalue weighted by Crippen LogP contribution is 2.40. The van der Waals surface area contributed by atoms with E-state index >= 15 is 0 Å². The van der Waals surface area contributed by atoms with E-state index in [9.17, 15) is 13.2 Å². The Morgan fingerprint density at radius 2 is 2.25 bits per heavy atom. The van der Waals surface area contributed by atoms with Gasteiger partial charge in [-0.25, -0.2) is 0 Å². The van der Waals surface area contributed by atoms with Crippen molar-refractivity contribution in [2.45, 2.75) is 18.2 Å². The molecule has 1 atom stereocenters. The number of hydrogen-bond donors (Lipinski definition) is 0. The highest BCUT2D eigenvalue weighted by atomic mass is 19.4. The minimum absolute atomic E-state index is 0.0801. The van der Waals surface area contributed by atoms with E-state index < -0.39 is 11.8 Å². The maximum Gasteiger partial charge on any atom is 0.418 e. The minimum Gasteiger partial charge on any atom is -0.367 e. The molecule has 0 saturated carbocycles. The molecule has 0 unspecified atom stereocenters. The van der Waals surface area contributed by atoms with Crippen LogP contribution >= 0.6 is 0 Å². The molecule has 5 nitrogen and oxygen atoms in total. The standard InChI is InChI=1S/C8H13F3N4O/c1-16-7(8(9,10)11)2-4-15(6-7)5-3-13-14-12/h2-6H2,1H3/t7-/m0/s1. The van der Waals surface area contributed by atoms with E-state index in [1.165, 1.54) is 0 Å². The van der Waals surface area contributed by atoms with E-state index in [0.29, 0.717) is 13.1 Å². The molecule has 16 heavy (non-hydrogen) atoms. The number of alkyl halides is 3. The number of ether oxygens (including phenoxy) is 1. The van der Waals surface area contributed by atoms with Crippen LogP contribution in [0.5, 0.6) is 0 Å². The maximum absolute atomic E-state index is 12.7. The van der Waals surface area contributed by atoms with Crippen LogP contribution in [0.15, 0.2) is 5.11 Å². The summed E-state index contributed by atoms with van der Waals surface area (Å²) in [5, 5.41) is 3.29. The second kappa shape index (κ2) is 4.90. The van der Waals surface area contributed by atoms with E-state index in [0.717, 1.165) is 7.11 Å². The molecule has 0 aromatic rings. The molecule has 92 valence electrons. The van der Waals surface area contributed by atoms with Gasteiger partial charge in [0, 0.05) is 38.2 Å². The third-order valence-electron chi connectivity index (χ3n) is 2.80. The maximum atomic E-state index is 12.7. The van der Waals surface area contributed by atoms with Gasteiger partial charge in [-0.1, -0.05) is 5.11 Å². The predicted molar refractivity (Wildman–Crippen MR) is 50.9 cm³/mol. The zero-order chi connectivity index (χ0) is 12.2. The summed E-state index contributed by atoms with van der Waals surface area (Å²) in [6.45, 7) is 0.599. The molecular weight excluding hydrogens is 225 g/mol. The van der Waals surface area contributed by atoms with Gasteiger partial charge in [-0.15, -0.1) is 0 Å². The summed E-state index contributed by atoms with van der Waals surface area (Å²) in [7, 11) is 1.07. The molecule has 1 aliphatic rings. The molecule has 0 spiro atoms. The Kier molecular flexibility index (Phi) is 4.01. The Morgan fingerprint density at radius 1 is 1.56 bits per heavy atom. The highest BCUT2D eigenvalue weighted by Gasteiger charge is 2.58. The molecule has 8 heteroatoms. The molecule has 1 heterocycles. The number of likely N-dealkylation sites (tertiary alicyclic amines) is 1. The van der Waals surface area contributed by atoms with E-state index in [1.54, 1.807) is 4.90 Å². The van der Waals surface area contributed by atoms with Gasteiger partial charge >= 0.3 is 6.18 Å². The van der Waals surface area contributed by atoms with E-state index in [4.69, 9.17) is 5.53 Å². The summed E-state index contributed by atoms with van der Waals surface area (Å²) in [6, 6.07) is 0. The molecular formula is C8H13F3N4O. The number of halogens is 3. The summed E-state index contributed by atoms with van der Waals surface area (Å²) >= 11 is 0. The van der Waals surface area contributed by atoms with Crippen LogP contribution in [0.25, 0.3) is 10.4 Å². The van der Waals surface area contributed by atoms with Crippen molar-refractivity contribution in [2.75, 3.05) is 33.3 Å². The molecule has 0 aromatic carbocycles. The monoisotopic (exact) mass is 238 g/mol. The molecule has 1 aliphatic heterocycles. The van der Waals surface area contributed by atoms with Crippen molar-refractivity contribution in [3.05, 3.63) is 10.4 Å². The van der Waals surface area contributed by atoms with Gasteiger partial charge in [0.1, 0.15) is 0 Å². The third kappa shape index (κ3) is 2.58. The summed E-state index contributed by atoms with van der Waals surface area (Å²) in [5.41, 5.74) is 5.99. The Balaban J connectivity index is 2.58. The molecule has 0 N–H and O–H groups in total. The lowest BCUT2D eigenvalue weighted by molar-refractivity contribution is -0.263. The molecule has 0 aliphatic carbocycles. The molecule has 1 saturated heterocycles. The number of rotatable bonds is 4. The average Bonchev–Trinajstić information content (AvgIpc) is 2.62. The van der Waals surface area contributed by atoms with Crippen LogP contribution < -0.4 is 0 Å². The van der Waals surface area contributed by atoms with Gasteiger partial charge in [-0.2, -0.15) is 13.2 Å². The van der Waals surface area contributed by atoms with Crippen LogP contribution in [0.1, 0.15) is 6.42 Å². The largest absolute Gasteiger partial charge is 0.418 e. The molecule has 0 radical (unpaired) electrons. The van der Waals surface area contributed by atoms with Crippen molar-refractivity contribution in [3.8, 4) is 0 Å². The summed E-state index contributed by atoms with van der Waals surface area (Å²) in [6.07, 6.45) is -4.45. The van der Waals surface area contributed by atoms with E-state index in [2.05, 4.69) is 14.8 Å². The van der Waals surface area contributed by atoms with Crippen molar-refractivity contribution in [2.24, 2.45) is 5.11 Å². The van der Waals surface area contributed by atoms with Crippen molar-refractivity contribution in [1.29, 1.82) is 0 Å². The minimum atomic E-state index is -4.37. The zero-order valence-corrected chi connectivity index (χ0v) is 8.87. The Bertz CT molecular complexity index is 289. The average molecular weight is 238 g/mol. The quantitative estimate of drug-likeness (QED) is 0.427. The zero-order valence-electron chi connectivity index (χ0n) is 8.87. The van der Waals surface area contributed by atoms with Crippen molar-refractivity contribution in [3.63, 3.8) is 0 Å². The number of nitrogens with zero attached hydrogens (tertiary/aromatic N) is 4. The first-order valence-electron chi connectivity index (χ1n) is 4.80. The lowest BCUT2D eigenvalue weighted by Gasteiger charge is -2.30. The Hall–Kier alpha value is -0.980. The fourth-order valence-electron chi connectivity index (χ4n) is 1.79. The molecule has 0 bridgehead atoms. The Labute approximate surface area is 90.8 Å². The van der Waals surface area contributed by atoms with Gasteiger partial charge in [0.15, 0.2) is 5.60 Å². The lowest BCUT2D eigenvalue weighted by atomic mass is 10.0. The van der Waals surface area contributed by atoms with E-state index in [-0.39, 0.29) is 19.5 Å². The number of hydrogen-bond acceptors (Lipinski definition) is 3. The first kappa shape index (κ1) is 13.1. The summed E-state index contributed by atoms with van der Waals surface area (Å²) in [5.74, 6) is 0. The Morgan fingerprint density at radius 3 is 2.69 bits per heavy atom. The molecule has 1 fully saturated rings. The van der Waals surface area contributed by atoms with E-state index in [1.807, 2.05) is 0 Å². The predicted octanol–water partition coefficient (Wildman–Crippen LogP) is 1.95. The van der Waals surface area contributed by atoms with Crippen LogP contribution in [0.2, 0.25) is 0 Å². The summed E-state index contributed by atoms with van der Waals surface area (Å²) < 4.78 is 42.9. The van der Waals surface area contributed by atoms with Gasteiger partial charge in [0.2, 0.25) is 0 Å². The number of azide groups is 1. The van der Waals surface area contributed by atoms with Crippen LogP contribution in [-0.4, -0.2) is 50.0 Å². The van der Waals surface area contributed by atoms with Gasteiger partial charge < -0.3 is 4.74 Å². The highest BCUT2D eigenvalue weighted by molar-refractivity contribution is 4.97. The third-order valence-corrected chi connectivity index (χ3v) is 2.80. The smallest absolute Gasteiger partial charge is 0.367 e. The van der Waals surface area contributed by atoms with Crippen LogP contribution in [0, 0.1) is 0 Å². The molecule has 0 amide bonds. The molecule has 1 rings (SSSR count). The molecule has 0 aromatic heterocycles. The van der Waals surface area contributed by atoms with Gasteiger partial charge in [-0.05, 0) is 12.0 Å². The fraction of sp³-hybridized carbons (Fsp3) is 1.00. The second-order valence-electron chi connectivity index (χ2n) is 3.68. The van der Waals surface area contributed by atoms with Gasteiger partial charge in [-0.3, -0.25) is 4.90 Å². The SMILES string of the molecule is CO[C@@]1(C(F)(F)F)CCN(CCN=[N+]=[N-])C1. The summed E-state index contributed by atoms with van der Waals surface area (Å²) in [4.78, 5) is 4.14. The first-order chi connectivity index (χ1) is 7.45. The second-order valence-corrected chi connectivity index (χ2v) is 3.68.